The van der Waals surface area contributed by atoms with E-state index in [1.165, 1.54) is 6.42 Å². The fourth-order valence-electron chi connectivity index (χ4n) is 3.38. The summed E-state index contributed by atoms with van der Waals surface area (Å²) in [4.78, 5) is 0. The lowest BCUT2D eigenvalue weighted by Crippen LogP contribution is -2.61. The van der Waals surface area contributed by atoms with Crippen molar-refractivity contribution in [3.63, 3.8) is 0 Å². The first-order chi connectivity index (χ1) is 8.12. The summed E-state index contributed by atoms with van der Waals surface area (Å²) in [6.45, 7) is 2.56. The molecule has 4 nitrogen and oxygen atoms in total. The summed E-state index contributed by atoms with van der Waals surface area (Å²) in [5.74, 6) is 0.0341. The second-order valence-electron chi connectivity index (χ2n) is 6.01. The first-order valence-electron chi connectivity index (χ1n) is 6.89. The summed E-state index contributed by atoms with van der Waals surface area (Å²) in [6.07, 6.45) is 4.86. The molecule has 0 aromatic carbocycles. The van der Waals surface area contributed by atoms with Crippen LogP contribution < -0.4 is 5.32 Å². The van der Waals surface area contributed by atoms with E-state index in [1.54, 1.807) is 0 Å². The van der Waals surface area contributed by atoms with Gasteiger partial charge in [0.2, 0.25) is 0 Å². The Morgan fingerprint density at radius 3 is 2.53 bits per heavy atom. The Hall–Kier alpha value is -0.160. The average molecular weight is 241 g/mol. The summed E-state index contributed by atoms with van der Waals surface area (Å²) < 4.78 is 6.01. The van der Waals surface area contributed by atoms with Crippen molar-refractivity contribution in [2.45, 2.75) is 69.0 Å². The maximum Gasteiger partial charge on any atom is 0.0927 e. The van der Waals surface area contributed by atoms with Gasteiger partial charge in [0.1, 0.15) is 0 Å². The maximum atomic E-state index is 10.2. The number of rotatable bonds is 3. The molecule has 0 aromatic rings. The molecule has 1 saturated heterocycles. The molecule has 3 aliphatic rings. The van der Waals surface area contributed by atoms with Crippen LogP contribution in [0.1, 0.15) is 39.0 Å². The summed E-state index contributed by atoms with van der Waals surface area (Å²) in [7, 11) is 0. The van der Waals surface area contributed by atoms with Crippen molar-refractivity contribution in [2.75, 3.05) is 6.54 Å². The topological polar surface area (TPSA) is 61.7 Å². The number of aliphatic hydroxyl groups is 2. The zero-order valence-electron chi connectivity index (χ0n) is 10.4. The Morgan fingerprint density at radius 1 is 1.29 bits per heavy atom. The molecule has 0 radical (unpaired) electrons. The molecule has 3 N–H and O–H groups in total. The van der Waals surface area contributed by atoms with Crippen LogP contribution in [0.5, 0.6) is 0 Å². The quantitative estimate of drug-likeness (QED) is 0.670. The molecule has 1 aliphatic heterocycles. The fourth-order valence-corrected chi connectivity index (χ4v) is 3.38. The molecular formula is C13H23NO3. The van der Waals surface area contributed by atoms with E-state index in [2.05, 4.69) is 5.32 Å². The molecule has 98 valence electrons. The number of nitrogens with one attached hydrogen (secondary N) is 1. The molecule has 4 atom stereocenters. The number of piperidine rings is 1. The molecule has 1 spiro atoms. The zero-order valence-corrected chi connectivity index (χ0v) is 10.4. The highest BCUT2D eigenvalue weighted by molar-refractivity contribution is 5.14. The second kappa shape index (κ2) is 4.19. The van der Waals surface area contributed by atoms with Gasteiger partial charge in [0.25, 0.3) is 0 Å². The summed E-state index contributed by atoms with van der Waals surface area (Å²) in [5, 5.41) is 23.4. The molecule has 3 rings (SSSR count). The molecule has 0 amide bonds. The van der Waals surface area contributed by atoms with Crippen LogP contribution in [0.3, 0.4) is 0 Å². The van der Waals surface area contributed by atoms with Gasteiger partial charge in [-0.05, 0) is 39.0 Å². The van der Waals surface area contributed by atoms with Crippen LogP contribution in [0, 0.1) is 5.92 Å². The first-order valence-corrected chi connectivity index (χ1v) is 6.89. The predicted octanol–water partition coefficient (Wildman–Crippen LogP) is 0.418. The van der Waals surface area contributed by atoms with Gasteiger partial charge in [-0.25, -0.2) is 0 Å². The van der Waals surface area contributed by atoms with E-state index in [4.69, 9.17) is 4.74 Å². The average Bonchev–Trinajstić information content (AvgIpc) is 3.00. The summed E-state index contributed by atoms with van der Waals surface area (Å²) in [5.41, 5.74) is 0.0435. The molecule has 0 bridgehead atoms. The Morgan fingerprint density at radius 2 is 2.00 bits per heavy atom. The lowest BCUT2D eigenvalue weighted by Gasteiger charge is -2.44. The van der Waals surface area contributed by atoms with Crippen molar-refractivity contribution in [2.24, 2.45) is 5.92 Å². The minimum atomic E-state index is -0.654. The number of hydrogen-bond donors (Lipinski definition) is 3. The van der Waals surface area contributed by atoms with Crippen LogP contribution >= 0.6 is 0 Å². The molecule has 1 heterocycles. The van der Waals surface area contributed by atoms with Crippen molar-refractivity contribution in [3.05, 3.63) is 0 Å². The lowest BCUT2D eigenvalue weighted by molar-refractivity contribution is -0.138. The van der Waals surface area contributed by atoms with Crippen LogP contribution in [0.4, 0.5) is 0 Å². The van der Waals surface area contributed by atoms with E-state index in [0.717, 1.165) is 25.7 Å². The number of aliphatic hydroxyl groups excluding tert-OH is 2. The van der Waals surface area contributed by atoms with Crippen LogP contribution in [0.2, 0.25) is 0 Å². The van der Waals surface area contributed by atoms with Crippen molar-refractivity contribution in [1.82, 2.24) is 5.32 Å². The number of ether oxygens (including phenoxy) is 1. The van der Waals surface area contributed by atoms with Gasteiger partial charge in [0.05, 0.1) is 24.4 Å². The minimum absolute atomic E-state index is 0.0280. The molecule has 2 aliphatic carbocycles. The van der Waals surface area contributed by atoms with Gasteiger partial charge in [-0.2, -0.15) is 0 Å². The van der Waals surface area contributed by atoms with Gasteiger partial charge in [0, 0.05) is 18.0 Å². The summed E-state index contributed by atoms with van der Waals surface area (Å²) in [6, 6.07) is 0. The van der Waals surface area contributed by atoms with Crippen LogP contribution in [0.15, 0.2) is 0 Å². The Labute approximate surface area is 102 Å². The fraction of sp³-hybridized carbons (Fsp3) is 1.00. The van der Waals surface area contributed by atoms with Crippen molar-refractivity contribution in [3.8, 4) is 0 Å². The highest BCUT2D eigenvalue weighted by Gasteiger charge is 2.58. The smallest absolute Gasteiger partial charge is 0.0927 e. The number of β-amino-alcohol motifs (C(OH)–C–C–N with tert-alkyl or cyclic N) is 1. The SMILES string of the molecule is C[C@H](OC1CCC1)[C@@H]1[C@@H](O)[C@H](O)CNC12CC2. The van der Waals surface area contributed by atoms with Crippen molar-refractivity contribution >= 4 is 0 Å². The largest absolute Gasteiger partial charge is 0.390 e. The van der Waals surface area contributed by atoms with Gasteiger partial charge in [-0.3, -0.25) is 0 Å². The third-order valence-electron chi connectivity index (χ3n) is 4.82. The van der Waals surface area contributed by atoms with Crippen molar-refractivity contribution < 1.29 is 14.9 Å². The van der Waals surface area contributed by atoms with Crippen LogP contribution in [-0.2, 0) is 4.74 Å². The summed E-state index contributed by atoms with van der Waals surface area (Å²) >= 11 is 0. The van der Waals surface area contributed by atoms with Crippen LogP contribution in [0.25, 0.3) is 0 Å². The van der Waals surface area contributed by atoms with E-state index >= 15 is 0 Å². The lowest BCUT2D eigenvalue weighted by atomic mass is 9.80. The maximum absolute atomic E-state index is 10.2. The highest BCUT2D eigenvalue weighted by atomic mass is 16.5. The predicted molar refractivity (Wildman–Crippen MR) is 63.7 cm³/mol. The van der Waals surface area contributed by atoms with Crippen LogP contribution in [-0.4, -0.2) is 46.7 Å². The third-order valence-corrected chi connectivity index (χ3v) is 4.82. The molecule has 0 aromatic heterocycles. The standard InChI is InChI=1S/C13H23NO3/c1-8(17-9-3-2-4-9)11-12(16)10(15)7-14-13(11)5-6-13/h8-12,14-16H,2-7H2,1H3/t8-,10+,11+,12-/m0/s1. The minimum Gasteiger partial charge on any atom is -0.390 e. The Bertz CT molecular complexity index is 288. The molecule has 3 fully saturated rings. The molecular weight excluding hydrogens is 218 g/mol. The van der Waals surface area contributed by atoms with Gasteiger partial charge >= 0.3 is 0 Å². The van der Waals surface area contributed by atoms with Gasteiger partial charge < -0.3 is 20.3 Å². The Kier molecular flexibility index (Phi) is 2.94. The zero-order chi connectivity index (χ0) is 12.0. The van der Waals surface area contributed by atoms with E-state index in [0.29, 0.717) is 12.6 Å². The first kappa shape index (κ1) is 11.9. The van der Waals surface area contributed by atoms with E-state index < -0.39 is 12.2 Å². The monoisotopic (exact) mass is 241 g/mol. The highest BCUT2D eigenvalue weighted by Crippen LogP contribution is 2.48. The molecule has 0 unspecified atom stereocenters. The van der Waals surface area contributed by atoms with E-state index in [9.17, 15) is 10.2 Å². The normalized spacial score (nSPS) is 42.2. The molecule has 2 saturated carbocycles. The molecule has 4 heteroatoms. The van der Waals surface area contributed by atoms with E-state index in [-0.39, 0.29) is 17.6 Å². The van der Waals surface area contributed by atoms with Gasteiger partial charge in [-0.1, -0.05) is 0 Å². The number of hydrogen-bond acceptors (Lipinski definition) is 4. The van der Waals surface area contributed by atoms with E-state index in [1.807, 2.05) is 6.92 Å². The van der Waals surface area contributed by atoms with Gasteiger partial charge in [-0.15, -0.1) is 0 Å². The third kappa shape index (κ3) is 2.01. The van der Waals surface area contributed by atoms with Gasteiger partial charge in [0.15, 0.2) is 0 Å². The second-order valence-corrected chi connectivity index (χ2v) is 6.01. The van der Waals surface area contributed by atoms with Crippen molar-refractivity contribution in [1.29, 1.82) is 0 Å². The Balaban J connectivity index is 1.68. The molecule has 17 heavy (non-hydrogen) atoms.